The second-order valence-electron chi connectivity index (χ2n) is 6.54. The summed E-state index contributed by atoms with van der Waals surface area (Å²) in [5.41, 5.74) is 2.46. The number of anilines is 1. The summed E-state index contributed by atoms with van der Waals surface area (Å²) in [6, 6.07) is 22.4. The molecule has 0 fully saturated rings. The highest BCUT2D eigenvalue weighted by Crippen LogP contribution is 2.26. The van der Waals surface area contributed by atoms with E-state index < -0.39 is 0 Å². The maximum absolute atomic E-state index is 12.4. The van der Waals surface area contributed by atoms with Gasteiger partial charge in [0, 0.05) is 17.3 Å². The number of hydrogen-bond acceptors (Lipinski definition) is 3. The molecule has 0 aliphatic heterocycles. The molecule has 0 unspecified atom stereocenters. The Morgan fingerprint density at radius 1 is 0.852 bits per heavy atom. The summed E-state index contributed by atoms with van der Waals surface area (Å²) >= 11 is 0. The number of benzene rings is 3. The summed E-state index contributed by atoms with van der Waals surface area (Å²) in [7, 11) is 1.57. The lowest BCUT2D eigenvalue weighted by atomic mass is 10.0. The Hall–Kier alpha value is -3.27. The van der Waals surface area contributed by atoms with E-state index in [1.807, 2.05) is 30.3 Å². The van der Waals surface area contributed by atoms with E-state index in [1.54, 1.807) is 37.4 Å². The normalized spacial score (nSPS) is 10.5. The first-order valence-electron chi connectivity index (χ1n) is 8.88. The fourth-order valence-electron chi connectivity index (χ4n) is 2.66. The number of methoxy groups -OCH3 is 1. The summed E-state index contributed by atoms with van der Waals surface area (Å²) < 4.78 is 11.1. The third kappa shape index (κ3) is 4.88. The van der Waals surface area contributed by atoms with Gasteiger partial charge in [0.05, 0.1) is 7.11 Å². The van der Waals surface area contributed by atoms with Gasteiger partial charge in [-0.25, -0.2) is 0 Å². The lowest BCUT2D eigenvalue weighted by Crippen LogP contribution is -2.11. The van der Waals surface area contributed by atoms with Crippen LogP contribution in [0.25, 0.3) is 0 Å². The summed E-state index contributed by atoms with van der Waals surface area (Å²) in [4.78, 5) is 12.4. The fraction of sp³-hybridized carbons (Fsp3) is 0.174. The van der Waals surface area contributed by atoms with Gasteiger partial charge in [-0.05, 0) is 53.9 Å². The van der Waals surface area contributed by atoms with Crippen LogP contribution in [0.2, 0.25) is 0 Å². The molecule has 27 heavy (non-hydrogen) atoms. The van der Waals surface area contributed by atoms with E-state index in [9.17, 15) is 4.79 Å². The Labute approximate surface area is 159 Å². The molecule has 0 heterocycles. The Kier molecular flexibility index (Phi) is 5.77. The molecular formula is C23H23NO3. The molecule has 0 aliphatic carbocycles. The molecule has 4 nitrogen and oxygen atoms in total. The summed E-state index contributed by atoms with van der Waals surface area (Å²) in [6.07, 6.45) is 0. The summed E-state index contributed by atoms with van der Waals surface area (Å²) in [5.74, 6) is 2.34. The number of rotatable bonds is 6. The van der Waals surface area contributed by atoms with Crippen LogP contribution in [-0.4, -0.2) is 13.0 Å². The lowest BCUT2D eigenvalue weighted by Gasteiger charge is -2.11. The van der Waals surface area contributed by atoms with Gasteiger partial charge in [0.25, 0.3) is 5.91 Å². The smallest absolute Gasteiger partial charge is 0.255 e. The van der Waals surface area contributed by atoms with Crippen LogP contribution in [0, 0.1) is 0 Å². The number of carbonyl (C=O) groups is 1. The molecule has 0 spiro atoms. The van der Waals surface area contributed by atoms with Crippen molar-refractivity contribution >= 4 is 11.6 Å². The minimum absolute atomic E-state index is 0.202. The van der Waals surface area contributed by atoms with Crippen LogP contribution in [0.4, 0.5) is 5.69 Å². The van der Waals surface area contributed by atoms with Gasteiger partial charge in [-0.15, -0.1) is 0 Å². The first-order chi connectivity index (χ1) is 13.0. The zero-order chi connectivity index (χ0) is 19.2. The van der Waals surface area contributed by atoms with E-state index >= 15 is 0 Å². The van der Waals surface area contributed by atoms with Crippen LogP contribution in [0.3, 0.4) is 0 Å². The minimum Gasteiger partial charge on any atom is -0.497 e. The second kappa shape index (κ2) is 8.41. The molecule has 3 rings (SSSR count). The molecule has 1 amide bonds. The molecule has 0 bridgehead atoms. The van der Waals surface area contributed by atoms with Gasteiger partial charge in [0.15, 0.2) is 0 Å². The summed E-state index contributed by atoms with van der Waals surface area (Å²) in [6.45, 7) is 4.31. The number of amides is 1. The predicted octanol–water partition coefficient (Wildman–Crippen LogP) is 5.86. The first-order valence-corrected chi connectivity index (χ1v) is 8.88. The van der Waals surface area contributed by atoms with Gasteiger partial charge in [-0.1, -0.05) is 38.1 Å². The molecule has 0 radical (unpaired) electrons. The van der Waals surface area contributed by atoms with E-state index in [1.165, 1.54) is 5.56 Å². The number of ether oxygens (including phenoxy) is 2. The van der Waals surface area contributed by atoms with Gasteiger partial charge in [0.1, 0.15) is 17.2 Å². The van der Waals surface area contributed by atoms with E-state index in [4.69, 9.17) is 9.47 Å². The molecular weight excluding hydrogens is 338 g/mol. The van der Waals surface area contributed by atoms with E-state index in [0.717, 1.165) is 5.75 Å². The SMILES string of the molecule is COc1cccc(C(=O)Nc2cccc(Oc3ccc(C(C)C)cc3)c2)c1. The number of nitrogens with one attached hydrogen (secondary N) is 1. The van der Waals surface area contributed by atoms with Crippen molar-refractivity contribution in [1.82, 2.24) is 0 Å². The third-order valence-electron chi connectivity index (χ3n) is 4.21. The van der Waals surface area contributed by atoms with Crippen molar-refractivity contribution < 1.29 is 14.3 Å². The maximum atomic E-state index is 12.4. The van der Waals surface area contributed by atoms with Crippen molar-refractivity contribution in [3.8, 4) is 17.2 Å². The van der Waals surface area contributed by atoms with Crippen LogP contribution in [0.1, 0.15) is 35.7 Å². The van der Waals surface area contributed by atoms with Crippen molar-refractivity contribution in [3.05, 3.63) is 83.9 Å². The standard InChI is InChI=1S/C23H23NO3/c1-16(2)17-10-12-20(13-11-17)27-22-9-5-7-19(15-22)24-23(25)18-6-4-8-21(14-18)26-3/h4-16H,1-3H3,(H,24,25). The molecule has 0 aliphatic rings. The zero-order valence-corrected chi connectivity index (χ0v) is 15.7. The average molecular weight is 361 g/mol. The van der Waals surface area contributed by atoms with E-state index in [-0.39, 0.29) is 5.91 Å². The lowest BCUT2D eigenvalue weighted by molar-refractivity contribution is 0.102. The first kappa shape index (κ1) is 18.5. The van der Waals surface area contributed by atoms with Crippen LogP contribution >= 0.6 is 0 Å². The van der Waals surface area contributed by atoms with E-state index in [2.05, 4.69) is 31.3 Å². The zero-order valence-electron chi connectivity index (χ0n) is 15.7. The Balaban J connectivity index is 1.70. The number of hydrogen-bond donors (Lipinski definition) is 1. The highest BCUT2D eigenvalue weighted by molar-refractivity contribution is 6.04. The number of carbonyl (C=O) groups excluding carboxylic acids is 1. The average Bonchev–Trinajstić information content (AvgIpc) is 2.68. The molecule has 1 N–H and O–H groups in total. The van der Waals surface area contributed by atoms with Crippen molar-refractivity contribution in [2.45, 2.75) is 19.8 Å². The monoisotopic (exact) mass is 361 g/mol. The molecule has 4 heteroatoms. The third-order valence-corrected chi connectivity index (χ3v) is 4.21. The molecule has 0 atom stereocenters. The highest BCUT2D eigenvalue weighted by Gasteiger charge is 2.08. The maximum Gasteiger partial charge on any atom is 0.255 e. The van der Waals surface area contributed by atoms with Crippen molar-refractivity contribution in [2.24, 2.45) is 0 Å². The van der Waals surface area contributed by atoms with Gasteiger partial charge < -0.3 is 14.8 Å². The minimum atomic E-state index is -0.202. The van der Waals surface area contributed by atoms with Crippen molar-refractivity contribution in [2.75, 3.05) is 12.4 Å². The largest absolute Gasteiger partial charge is 0.497 e. The molecule has 138 valence electrons. The van der Waals surface area contributed by atoms with Gasteiger partial charge >= 0.3 is 0 Å². The molecule has 0 saturated carbocycles. The van der Waals surface area contributed by atoms with E-state index in [0.29, 0.717) is 28.7 Å². The highest BCUT2D eigenvalue weighted by atomic mass is 16.5. The van der Waals surface area contributed by atoms with Gasteiger partial charge in [0.2, 0.25) is 0 Å². The Morgan fingerprint density at radius 3 is 2.26 bits per heavy atom. The quantitative estimate of drug-likeness (QED) is 0.598. The molecule has 0 aromatic heterocycles. The van der Waals surface area contributed by atoms with Crippen molar-refractivity contribution in [1.29, 1.82) is 0 Å². The Bertz CT molecular complexity index is 917. The van der Waals surface area contributed by atoms with Gasteiger partial charge in [-0.2, -0.15) is 0 Å². The molecule has 0 saturated heterocycles. The van der Waals surface area contributed by atoms with Gasteiger partial charge in [-0.3, -0.25) is 4.79 Å². The van der Waals surface area contributed by atoms with Crippen LogP contribution in [0.15, 0.2) is 72.8 Å². The Morgan fingerprint density at radius 2 is 1.56 bits per heavy atom. The van der Waals surface area contributed by atoms with Crippen LogP contribution < -0.4 is 14.8 Å². The fourth-order valence-corrected chi connectivity index (χ4v) is 2.66. The van der Waals surface area contributed by atoms with Crippen molar-refractivity contribution in [3.63, 3.8) is 0 Å². The predicted molar refractivity (Wildman–Crippen MR) is 108 cm³/mol. The topological polar surface area (TPSA) is 47.6 Å². The molecule has 3 aromatic rings. The van der Waals surface area contributed by atoms with Crippen LogP contribution in [0.5, 0.6) is 17.2 Å². The summed E-state index contributed by atoms with van der Waals surface area (Å²) in [5, 5.41) is 2.89. The second-order valence-corrected chi connectivity index (χ2v) is 6.54. The molecule has 3 aromatic carbocycles. The van der Waals surface area contributed by atoms with Crippen LogP contribution in [-0.2, 0) is 0 Å².